The van der Waals surface area contributed by atoms with Crippen LogP contribution in [0.15, 0.2) is 53.4 Å². The van der Waals surface area contributed by atoms with Gasteiger partial charge in [-0.15, -0.1) is 0 Å². The zero-order chi connectivity index (χ0) is 23.1. The zero-order valence-electron chi connectivity index (χ0n) is 19.0. The quantitative estimate of drug-likeness (QED) is 0.597. The Hall–Kier alpha value is -2.58. The van der Waals surface area contributed by atoms with E-state index in [1.807, 2.05) is 6.92 Å². The Morgan fingerprint density at radius 1 is 1.06 bits per heavy atom. The molecule has 0 bridgehead atoms. The molecular formula is C24H33N3O4S. The van der Waals surface area contributed by atoms with Crippen molar-refractivity contribution in [2.45, 2.75) is 44.6 Å². The summed E-state index contributed by atoms with van der Waals surface area (Å²) in [5.74, 6) is 1.15. The van der Waals surface area contributed by atoms with Gasteiger partial charge in [0.25, 0.3) is 15.9 Å². The van der Waals surface area contributed by atoms with Crippen molar-refractivity contribution in [1.82, 2.24) is 10.2 Å². The number of amides is 1. The van der Waals surface area contributed by atoms with Crippen LogP contribution in [0.2, 0.25) is 0 Å². The highest BCUT2D eigenvalue weighted by atomic mass is 32.2. The predicted octanol–water partition coefficient (Wildman–Crippen LogP) is 3.74. The van der Waals surface area contributed by atoms with Crippen molar-refractivity contribution in [3.05, 3.63) is 54.1 Å². The molecule has 1 aliphatic rings. The molecule has 0 aliphatic carbocycles. The summed E-state index contributed by atoms with van der Waals surface area (Å²) in [7, 11) is -3.75. The lowest BCUT2D eigenvalue weighted by Crippen LogP contribution is -2.45. The first-order chi connectivity index (χ1) is 15.3. The van der Waals surface area contributed by atoms with Gasteiger partial charge in [0.1, 0.15) is 5.75 Å². The summed E-state index contributed by atoms with van der Waals surface area (Å²) in [6.45, 7) is 9.91. The maximum Gasteiger partial charge on any atom is 0.261 e. The number of nitrogens with one attached hydrogen (secondary N) is 2. The standard InChI is InChI=1S/C24H33N3O4S/c1-4-31-22-9-7-21(8-10-22)26-32(29,30)23-11-5-19(6-12-23)24(28)25-20-13-15-27(16-14-20)17-18(2)3/h5-12,18,20,26H,4,13-17H2,1-3H3,(H,25,28). The van der Waals surface area contributed by atoms with E-state index in [0.29, 0.717) is 29.5 Å². The van der Waals surface area contributed by atoms with E-state index >= 15 is 0 Å². The van der Waals surface area contributed by atoms with E-state index in [1.54, 1.807) is 36.4 Å². The highest BCUT2D eigenvalue weighted by Gasteiger charge is 2.22. The molecule has 0 saturated carbocycles. The number of likely N-dealkylation sites (tertiary alicyclic amines) is 1. The molecule has 2 aromatic carbocycles. The van der Waals surface area contributed by atoms with Crippen molar-refractivity contribution in [2.24, 2.45) is 5.92 Å². The van der Waals surface area contributed by atoms with Gasteiger partial charge in [0, 0.05) is 36.9 Å². The van der Waals surface area contributed by atoms with Crippen LogP contribution in [0.5, 0.6) is 5.75 Å². The molecule has 0 spiro atoms. The molecule has 0 atom stereocenters. The highest BCUT2D eigenvalue weighted by molar-refractivity contribution is 7.92. The SMILES string of the molecule is CCOc1ccc(NS(=O)(=O)c2ccc(C(=O)NC3CCN(CC(C)C)CC3)cc2)cc1. The Bertz CT molecular complexity index is 981. The normalized spacial score (nSPS) is 15.5. The summed E-state index contributed by atoms with van der Waals surface area (Å²) >= 11 is 0. The minimum absolute atomic E-state index is 0.102. The Balaban J connectivity index is 1.56. The Kier molecular flexibility index (Phi) is 8.15. The highest BCUT2D eigenvalue weighted by Crippen LogP contribution is 2.20. The Morgan fingerprint density at radius 3 is 2.25 bits per heavy atom. The third-order valence-corrected chi connectivity index (χ3v) is 6.79. The van der Waals surface area contributed by atoms with Gasteiger partial charge in [-0.05, 0) is 74.2 Å². The van der Waals surface area contributed by atoms with E-state index in [2.05, 4.69) is 28.8 Å². The summed E-state index contributed by atoms with van der Waals surface area (Å²) in [5.41, 5.74) is 0.897. The molecule has 7 nitrogen and oxygen atoms in total. The van der Waals surface area contributed by atoms with Crippen molar-refractivity contribution < 1.29 is 17.9 Å². The molecule has 1 fully saturated rings. The third-order valence-electron chi connectivity index (χ3n) is 5.39. The molecule has 2 N–H and O–H groups in total. The summed E-state index contributed by atoms with van der Waals surface area (Å²) < 4.78 is 33.3. The number of anilines is 1. The van der Waals surface area contributed by atoms with Gasteiger partial charge in [0.15, 0.2) is 0 Å². The number of sulfonamides is 1. The lowest BCUT2D eigenvalue weighted by Gasteiger charge is -2.33. The van der Waals surface area contributed by atoms with Crippen molar-refractivity contribution in [3.63, 3.8) is 0 Å². The summed E-state index contributed by atoms with van der Waals surface area (Å²) in [6.07, 6.45) is 1.86. The molecule has 3 rings (SSSR count). The largest absolute Gasteiger partial charge is 0.494 e. The molecule has 32 heavy (non-hydrogen) atoms. The Morgan fingerprint density at radius 2 is 1.69 bits per heavy atom. The number of piperidine rings is 1. The summed E-state index contributed by atoms with van der Waals surface area (Å²) in [6, 6.07) is 12.9. The van der Waals surface area contributed by atoms with E-state index < -0.39 is 10.0 Å². The van der Waals surface area contributed by atoms with Crippen molar-refractivity contribution in [2.75, 3.05) is 31.0 Å². The van der Waals surface area contributed by atoms with Crippen molar-refractivity contribution >= 4 is 21.6 Å². The molecule has 1 heterocycles. The number of hydrogen-bond acceptors (Lipinski definition) is 5. The molecular weight excluding hydrogens is 426 g/mol. The van der Waals surface area contributed by atoms with Crippen LogP contribution in [-0.4, -0.2) is 51.5 Å². The number of ether oxygens (including phenoxy) is 1. The molecule has 0 aromatic heterocycles. The average Bonchev–Trinajstić information content (AvgIpc) is 2.76. The second-order valence-electron chi connectivity index (χ2n) is 8.53. The van der Waals surface area contributed by atoms with Crippen LogP contribution < -0.4 is 14.8 Å². The number of benzene rings is 2. The topological polar surface area (TPSA) is 87.7 Å². The number of rotatable bonds is 9. The first-order valence-corrected chi connectivity index (χ1v) is 12.6. The van der Waals surface area contributed by atoms with Gasteiger partial charge in [-0.3, -0.25) is 9.52 Å². The number of carbonyl (C=O) groups excluding carboxylic acids is 1. The molecule has 2 aromatic rings. The first-order valence-electron chi connectivity index (χ1n) is 11.2. The van der Waals surface area contributed by atoms with Crippen LogP contribution in [0, 0.1) is 5.92 Å². The van der Waals surface area contributed by atoms with Gasteiger partial charge in [-0.25, -0.2) is 8.42 Å². The van der Waals surface area contributed by atoms with E-state index in [9.17, 15) is 13.2 Å². The van der Waals surface area contributed by atoms with Crippen LogP contribution in [-0.2, 0) is 10.0 Å². The van der Waals surface area contributed by atoms with Crippen LogP contribution in [0.1, 0.15) is 44.0 Å². The minimum Gasteiger partial charge on any atom is -0.494 e. The molecule has 1 amide bonds. The number of carbonyl (C=O) groups is 1. The minimum atomic E-state index is -3.75. The molecule has 1 saturated heterocycles. The van der Waals surface area contributed by atoms with E-state index in [1.165, 1.54) is 12.1 Å². The molecule has 0 radical (unpaired) electrons. The van der Waals surface area contributed by atoms with Crippen molar-refractivity contribution in [1.29, 1.82) is 0 Å². The van der Waals surface area contributed by atoms with E-state index in [4.69, 9.17) is 4.74 Å². The molecule has 8 heteroatoms. The van der Waals surface area contributed by atoms with Gasteiger partial charge in [-0.1, -0.05) is 13.8 Å². The predicted molar refractivity (Wildman–Crippen MR) is 127 cm³/mol. The Labute approximate surface area is 191 Å². The van der Waals surface area contributed by atoms with Gasteiger partial charge in [0.2, 0.25) is 0 Å². The lowest BCUT2D eigenvalue weighted by atomic mass is 10.0. The van der Waals surface area contributed by atoms with Crippen LogP contribution in [0.3, 0.4) is 0 Å². The van der Waals surface area contributed by atoms with Crippen molar-refractivity contribution in [3.8, 4) is 5.75 Å². The second kappa shape index (κ2) is 10.8. The average molecular weight is 460 g/mol. The van der Waals surface area contributed by atoms with Gasteiger partial charge < -0.3 is 15.0 Å². The molecule has 1 aliphatic heterocycles. The van der Waals surface area contributed by atoms with E-state index in [0.717, 1.165) is 32.5 Å². The number of hydrogen-bond donors (Lipinski definition) is 2. The molecule has 0 unspecified atom stereocenters. The van der Waals surface area contributed by atoms with Gasteiger partial charge in [-0.2, -0.15) is 0 Å². The summed E-state index contributed by atoms with van der Waals surface area (Å²) in [4.78, 5) is 15.1. The first kappa shape index (κ1) is 24.1. The van der Waals surface area contributed by atoms with Crippen LogP contribution in [0.4, 0.5) is 5.69 Å². The summed E-state index contributed by atoms with van der Waals surface area (Å²) in [5, 5.41) is 3.08. The fourth-order valence-electron chi connectivity index (χ4n) is 3.83. The maximum atomic E-state index is 12.7. The number of nitrogens with zero attached hydrogens (tertiary/aromatic N) is 1. The third kappa shape index (κ3) is 6.71. The van der Waals surface area contributed by atoms with Crippen LogP contribution >= 0.6 is 0 Å². The molecule has 174 valence electrons. The van der Waals surface area contributed by atoms with Crippen LogP contribution in [0.25, 0.3) is 0 Å². The lowest BCUT2D eigenvalue weighted by molar-refractivity contribution is 0.0907. The monoisotopic (exact) mass is 459 g/mol. The smallest absolute Gasteiger partial charge is 0.261 e. The fourth-order valence-corrected chi connectivity index (χ4v) is 4.89. The zero-order valence-corrected chi connectivity index (χ0v) is 19.8. The van der Waals surface area contributed by atoms with E-state index in [-0.39, 0.29) is 16.8 Å². The second-order valence-corrected chi connectivity index (χ2v) is 10.2. The fraction of sp³-hybridized carbons (Fsp3) is 0.458. The maximum absolute atomic E-state index is 12.7. The van der Waals surface area contributed by atoms with Gasteiger partial charge >= 0.3 is 0 Å². The van der Waals surface area contributed by atoms with Gasteiger partial charge in [0.05, 0.1) is 11.5 Å².